The minimum absolute atomic E-state index is 0.0143. The van der Waals surface area contributed by atoms with Crippen molar-refractivity contribution in [3.05, 3.63) is 24.4 Å². The van der Waals surface area contributed by atoms with E-state index >= 15 is 0 Å². The maximum absolute atomic E-state index is 10.3. The Labute approximate surface area is 170 Å². The topological polar surface area (TPSA) is 117 Å². The molecule has 0 fully saturated rings. The first-order chi connectivity index (χ1) is 13.5. The van der Waals surface area contributed by atoms with Gasteiger partial charge in [-0.15, -0.1) is 20.5 Å². The Morgan fingerprint density at radius 3 is 2.64 bits per heavy atom. The molecule has 0 aliphatic rings. The molecule has 0 spiro atoms. The summed E-state index contributed by atoms with van der Waals surface area (Å²) >= 11 is 2.69. The van der Waals surface area contributed by atoms with Gasteiger partial charge in [-0.05, 0) is 11.8 Å². The van der Waals surface area contributed by atoms with Gasteiger partial charge in [0.2, 0.25) is 10.3 Å². The van der Waals surface area contributed by atoms with Crippen molar-refractivity contribution in [3.8, 4) is 5.75 Å². The van der Waals surface area contributed by atoms with Crippen LogP contribution in [-0.4, -0.2) is 44.1 Å². The Kier molecular flexibility index (Phi) is 6.31. The number of phenols is 1. The van der Waals surface area contributed by atoms with E-state index in [1.165, 1.54) is 11.8 Å². The number of nitrogens with zero attached hydrogens (tertiary/aromatic N) is 9. The average Bonchev–Trinajstić information content (AvgIpc) is 3.28. The first-order valence-electron chi connectivity index (χ1n) is 8.30. The van der Waals surface area contributed by atoms with Gasteiger partial charge >= 0.3 is 0 Å². The summed E-state index contributed by atoms with van der Waals surface area (Å²) in [6.07, 6.45) is 1.64. The molecule has 146 valence electrons. The van der Waals surface area contributed by atoms with E-state index in [1.54, 1.807) is 36.1 Å². The van der Waals surface area contributed by atoms with E-state index in [4.69, 9.17) is 0 Å². The fourth-order valence-corrected chi connectivity index (χ4v) is 3.37. The van der Waals surface area contributed by atoms with Gasteiger partial charge in [0.1, 0.15) is 17.1 Å². The molecule has 28 heavy (non-hydrogen) atoms. The van der Waals surface area contributed by atoms with Gasteiger partial charge in [-0.3, -0.25) is 0 Å². The molecular formula is C16H19N9OS2. The molecule has 2 heterocycles. The van der Waals surface area contributed by atoms with Crippen molar-refractivity contribution in [2.45, 2.75) is 12.1 Å². The van der Waals surface area contributed by atoms with Crippen LogP contribution in [-0.2, 0) is 7.05 Å². The molecule has 0 aliphatic heterocycles. The second-order valence-electron chi connectivity index (χ2n) is 5.73. The van der Waals surface area contributed by atoms with Crippen LogP contribution in [0, 0.1) is 0 Å². The van der Waals surface area contributed by atoms with Crippen LogP contribution in [0.25, 0.3) is 0 Å². The number of hydrogen-bond donors (Lipinski definition) is 1. The monoisotopic (exact) mass is 417 g/mol. The third-order valence-electron chi connectivity index (χ3n) is 3.52. The predicted molar refractivity (Wildman–Crippen MR) is 110 cm³/mol. The Bertz CT molecular complexity index is 1010. The molecule has 0 amide bonds. The van der Waals surface area contributed by atoms with E-state index in [0.29, 0.717) is 27.5 Å². The number of benzene rings is 1. The Morgan fingerprint density at radius 1 is 1.18 bits per heavy atom. The molecule has 2 aromatic heterocycles. The molecule has 0 unspecified atom stereocenters. The number of rotatable bonds is 7. The van der Waals surface area contributed by atoms with E-state index in [0.717, 1.165) is 17.3 Å². The number of azo groups is 2. The molecule has 3 rings (SSSR count). The summed E-state index contributed by atoms with van der Waals surface area (Å²) in [4.78, 5) is 6.09. The van der Waals surface area contributed by atoms with Gasteiger partial charge in [-0.2, -0.15) is 14.5 Å². The minimum atomic E-state index is -0.0143. The molecule has 3 aromatic rings. The van der Waals surface area contributed by atoms with Crippen LogP contribution in [0.3, 0.4) is 0 Å². The molecule has 1 N–H and O–H groups in total. The molecule has 12 heteroatoms. The summed E-state index contributed by atoms with van der Waals surface area (Å²) < 4.78 is 5.80. The summed E-state index contributed by atoms with van der Waals surface area (Å²) in [5.41, 5.74) is 1.50. The summed E-state index contributed by atoms with van der Waals surface area (Å²) in [5, 5.41) is 32.2. The third-order valence-corrected chi connectivity index (χ3v) is 4.97. The lowest BCUT2D eigenvalue weighted by atomic mass is 10.2. The number of aryl methyl sites for hydroxylation is 1. The van der Waals surface area contributed by atoms with Crippen molar-refractivity contribution >= 4 is 51.3 Å². The van der Waals surface area contributed by atoms with Crippen molar-refractivity contribution in [1.82, 2.24) is 19.1 Å². The summed E-state index contributed by atoms with van der Waals surface area (Å²) in [5.74, 6) is 1.47. The van der Waals surface area contributed by atoms with Crippen LogP contribution in [0.15, 0.2) is 50.0 Å². The third kappa shape index (κ3) is 4.70. The van der Waals surface area contributed by atoms with Crippen molar-refractivity contribution in [3.63, 3.8) is 0 Å². The molecule has 0 radical (unpaired) electrons. The predicted octanol–water partition coefficient (Wildman–Crippen LogP) is 4.99. The first kappa shape index (κ1) is 19.9. The molecule has 1 aromatic carbocycles. The van der Waals surface area contributed by atoms with Crippen molar-refractivity contribution in [2.24, 2.45) is 27.5 Å². The van der Waals surface area contributed by atoms with Crippen LogP contribution in [0.5, 0.6) is 5.75 Å². The fraction of sp³-hybridized carbons (Fsp3) is 0.312. The molecule has 0 aliphatic carbocycles. The first-order valence-corrected chi connectivity index (χ1v) is 10.1. The van der Waals surface area contributed by atoms with Crippen molar-refractivity contribution in [2.75, 3.05) is 24.7 Å². The molecule has 0 bridgehead atoms. The number of aromatic hydroxyl groups is 1. The molecular weight excluding hydrogens is 398 g/mol. The number of thioether (sulfide) groups is 1. The Morgan fingerprint density at radius 2 is 1.96 bits per heavy atom. The quantitative estimate of drug-likeness (QED) is 0.428. The highest BCUT2D eigenvalue weighted by Crippen LogP contribution is 2.40. The SMILES string of the molecule is CCSc1nsc(/N=N/c2cc(/N=N/c3ccnn3C)c(N(C)C)cc2O)n1. The van der Waals surface area contributed by atoms with Gasteiger partial charge in [-0.25, -0.2) is 4.68 Å². The van der Waals surface area contributed by atoms with E-state index in [-0.39, 0.29) is 11.4 Å². The largest absolute Gasteiger partial charge is 0.506 e. The Balaban J connectivity index is 1.92. The number of hydrogen-bond acceptors (Lipinski definition) is 11. The standard InChI is InChI=1S/C16H19N9OS2/c1-5-27-16-18-15(28-23-16)22-20-11-8-10(12(24(2)3)9-13(11)26)19-21-14-6-7-17-25(14)4/h6-9,26H,5H2,1-4H3/b21-19+,22-20+. The lowest BCUT2D eigenvalue weighted by molar-refractivity contribution is 0.476. The summed E-state index contributed by atoms with van der Waals surface area (Å²) in [7, 11) is 5.49. The second-order valence-corrected chi connectivity index (χ2v) is 7.69. The zero-order valence-electron chi connectivity index (χ0n) is 15.8. The number of anilines is 1. The minimum Gasteiger partial charge on any atom is -0.506 e. The zero-order valence-corrected chi connectivity index (χ0v) is 17.4. The lowest BCUT2D eigenvalue weighted by Crippen LogP contribution is -2.08. The van der Waals surface area contributed by atoms with E-state index < -0.39 is 0 Å². The van der Waals surface area contributed by atoms with Gasteiger partial charge in [0.25, 0.3) is 0 Å². The van der Waals surface area contributed by atoms with Crippen LogP contribution < -0.4 is 4.90 Å². The highest BCUT2D eigenvalue weighted by atomic mass is 32.2. The van der Waals surface area contributed by atoms with Crippen LogP contribution in [0.1, 0.15) is 6.92 Å². The Hall–Kier alpha value is -2.86. The average molecular weight is 418 g/mol. The van der Waals surface area contributed by atoms with Crippen molar-refractivity contribution < 1.29 is 5.11 Å². The lowest BCUT2D eigenvalue weighted by Gasteiger charge is -2.15. The van der Waals surface area contributed by atoms with Gasteiger partial charge in [0.15, 0.2) is 5.82 Å². The number of aromatic nitrogens is 4. The van der Waals surface area contributed by atoms with Crippen LogP contribution in [0.2, 0.25) is 0 Å². The molecule has 0 saturated heterocycles. The van der Waals surface area contributed by atoms with Gasteiger partial charge in [0, 0.05) is 44.8 Å². The second kappa shape index (κ2) is 8.89. The highest BCUT2D eigenvalue weighted by molar-refractivity contribution is 7.99. The van der Waals surface area contributed by atoms with E-state index in [1.807, 2.05) is 25.9 Å². The van der Waals surface area contributed by atoms with Crippen LogP contribution >= 0.6 is 23.3 Å². The van der Waals surface area contributed by atoms with Crippen LogP contribution in [0.4, 0.5) is 28.0 Å². The smallest absolute Gasteiger partial charge is 0.250 e. The number of phenolic OH excluding ortho intramolecular Hbond substituents is 1. The summed E-state index contributed by atoms with van der Waals surface area (Å²) in [6, 6.07) is 4.95. The zero-order chi connectivity index (χ0) is 20.1. The van der Waals surface area contributed by atoms with Gasteiger partial charge in [-0.1, -0.05) is 18.7 Å². The van der Waals surface area contributed by atoms with Crippen molar-refractivity contribution in [1.29, 1.82) is 0 Å². The van der Waals surface area contributed by atoms with Gasteiger partial charge in [0.05, 0.1) is 11.9 Å². The maximum atomic E-state index is 10.3. The van der Waals surface area contributed by atoms with E-state index in [9.17, 15) is 5.11 Å². The summed E-state index contributed by atoms with van der Waals surface area (Å²) in [6.45, 7) is 2.03. The van der Waals surface area contributed by atoms with E-state index in [2.05, 4.69) is 34.9 Å². The highest BCUT2D eigenvalue weighted by Gasteiger charge is 2.12. The maximum Gasteiger partial charge on any atom is 0.250 e. The molecule has 10 nitrogen and oxygen atoms in total. The molecule has 0 atom stereocenters. The normalized spacial score (nSPS) is 11.7. The van der Waals surface area contributed by atoms with Gasteiger partial charge < -0.3 is 10.0 Å². The molecule has 0 saturated carbocycles. The fourth-order valence-electron chi connectivity index (χ4n) is 2.17.